The maximum atomic E-state index is 12.7. The SMILES string of the molecule is COC(=O)c1ccc(-n2c(C)cc(C(=O)COC(=O)c3cccc([N+](=O)[O-])c3)c2C)cc1. The molecule has 0 amide bonds. The monoisotopic (exact) mass is 436 g/mol. The third-order valence-corrected chi connectivity index (χ3v) is 4.91. The number of nitrogens with zero attached hydrogens (tertiary/aromatic N) is 2. The second kappa shape index (κ2) is 9.25. The van der Waals surface area contributed by atoms with E-state index in [-0.39, 0.29) is 11.3 Å². The highest BCUT2D eigenvalue weighted by Gasteiger charge is 2.20. The lowest BCUT2D eigenvalue weighted by Crippen LogP contribution is -2.15. The van der Waals surface area contributed by atoms with Crippen LogP contribution in [0.4, 0.5) is 5.69 Å². The summed E-state index contributed by atoms with van der Waals surface area (Å²) in [5.41, 5.74) is 2.71. The van der Waals surface area contributed by atoms with Gasteiger partial charge in [-0.15, -0.1) is 0 Å². The van der Waals surface area contributed by atoms with Crippen molar-refractivity contribution in [2.24, 2.45) is 0 Å². The molecule has 0 bridgehead atoms. The number of carbonyl (C=O) groups is 3. The van der Waals surface area contributed by atoms with E-state index in [1.54, 1.807) is 37.3 Å². The molecule has 0 saturated carbocycles. The minimum Gasteiger partial charge on any atom is -0.465 e. The standard InChI is InChI=1S/C23H20N2O7/c1-14-11-20(15(2)24(14)18-9-7-16(8-10-18)22(27)31-3)21(26)13-32-23(28)17-5-4-6-19(12-17)25(29)30/h4-12H,13H2,1-3H3. The van der Waals surface area contributed by atoms with Gasteiger partial charge in [0.25, 0.3) is 5.69 Å². The van der Waals surface area contributed by atoms with Crippen molar-refractivity contribution in [3.05, 3.63) is 92.8 Å². The van der Waals surface area contributed by atoms with Crippen molar-refractivity contribution < 1.29 is 28.8 Å². The third-order valence-electron chi connectivity index (χ3n) is 4.91. The van der Waals surface area contributed by atoms with Crippen LogP contribution in [0, 0.1) is 24.0 Å². The number of aryl methyl sites for hydroxylation is 1. The average molecular weight is 436 g/mol. The van der Waals surface area contributed by atoms with Crippen LogP contribution in [0.2, 0.25) is 0 Å². The lowest BCUT2D eigenvalue weighted by atomic mass is 10.1. The highest BCUT2D eigenvalue weighted by Crippen LogP contribution is 2.22. The Morgan fingerprint density at radius 3 is 2.28 bits per heavy atom. The van der Waals surface area contributed by atoms with E-state index in [0.29, 0.717) is 16.8 Å². The molecule has 3 aromatic rings. The van der Waals surface area contributed by atoms with Gasteiger partial charge in [0.05, 0.1) is 23.2 Å². The Hall–Kier alpha value is -4.27. The van der Waals surface area contributed by atoms with Gasteiger partial charge in [0.1, 0.15) is 0 Å². The number of hydrogen-bond donors (Lipinski definition) is 0. The second-order valence-electron chi connectivity index (χ2n) is 6.97. The number of methoxy groups -OCH3 is 1. The van der Waals surface area contributed by atoms with E-state index in [4.69, 9.17) is 9.47 Å². The molecule has 0 unspecified atom stereocenters. The van der Waals surface area contributed by atoms with Crippen molar-refractivity contribution in [2.45, 2.75) is 13.8 Å². The number of hydrogen-bond acceptors (Lipinski definition) is 7. The molecule has 1 aromatic heterocycles. The molecule has 9 nitrogen and oxygen atoms in total. The number of carbonyl (C=O) groups excluding carboxylic acids is 3. The van der Waals surface area contributed by atoms with E-state index in [0.717, 1.165) is 17.4 Å². The van der Waals surface area contributed by atoms with Crippen LogP contribution in [0.25, 0.3) is 5.69 Å². The molecule has 0 saturated heterocycles. The van der Waals surface area contributed by atoms with Gasteiger partial charge in [-0.1, -0.05) is 6.07 Å². The molecule has 0 atom stereocenters. The van der Waals surface area contributed by atoms with Crippen molar-refractivity contribution in [3.8, 4) is 5.69 Å². The molecule has 0 N–H and O–H groups in total. The summed E-state index contributed by atoms with van der Waals surface area (Å²) in [6.07, 6.45) is 0. The van der Waals surface area contributed by atoms with E-state index in [9.17, 15) is 24.5 Å². The Balaban J connectivity index is 1.76. The van der Waals surface area contributed by atoms with E-state index in [1.165, 1.54) is 25.3 Å². The van der Waals surface area contributed by atoms with Gasteiger partial charge in [-0.3, -0.25) is 14.9 Å². The van der Waals surface area contributed by atoms with Crippen molar-refractivity contribution in [3.63, 3.8) is 0 Å². The Bertz CT molecular complexity index is 1210. The number of nitro groups is 1. The molecule has 0 radical (unpaired) electrons. The second-order valence-corrected chi connectivity index (χ2v) is 6.97. The van der Waals surface area contributed by atoms with Crippen LogP contribution < -0.4 is 0 Å². The van der Waals surface area contributed by atoms with Gasteiger partial charge in [-0.25, -0.2) is 9.59 Å². The van der Waals surface area contributed by atoms with Crippen LogP contribution in [-0.2, 0) is 9.47 Å². The Morgan fingerprint density at radius 1 is 0.969 bits per heavy atom. The highest BCUT2D eigenvalue weighted by molar-refractivity contribution is 6.00. The number of ether oxygens (including phenoxy) is 2. The predicted molar refractivity (Wildman–Crippen MR) is 114 cm³/mol. The van der Waals surface area contributed by atoms with Crippen LogP contribution >= 0.6 is 0 Å². The van der Waals surface area contributed by atoms with E-state index in [1.807, 2.05) is 11.5 Å². The highest BCUT2D eigenvalue weighted by atomic mass is 16.6. The number of ketones is 1. The molecular weight excluding hydrogens is 416 g/mol. The van der Waals surface area contributed by atoms with E-state index >= 15 is 0 Å². The smallest absolute Gasteiger partial charge is 0.338 e. The number of benzene rings is 2. The zero-order valence-electron chi connectivity index (χ0n) is 17.7. The first-order valence-corrected chi connectivity index (χ1v) is 9.55. The van der Waals surface area contributed by atoms with Crippen molar-refractivity contribution >= 4 is 23.4 Å². The fraction of sp³-hybridized carbons (Fsp3) is 0.174. The Labute approximate surface area is 183 Å². The first-order chi connectivity index (χ1) is 15.2. The van der Waals surface area contributed by atoms with Gasteiger partial charge < -0.3 is 14.0 Å². The zero-order valence-corrected chi connectivity index (χ0v) is 17.7. The van der Waals surface area contributed by atoms with Crippen molar-refractivity contribution in [1.82, 2.24) is 4.57 Å². The Kier molecular flexibility index (Phi) is 6.48. The summed E-state index contributed by atoms with van der Waals surface area (Å²) in [6, 6.07) is 13.5. The fourth-order valence-corrected chi connectivity index (χ4v) is 3.35. The summed E-state index contributed by atoms with van der Waals surface area (Å²) >= 11 is 0. The average Bonchev–Trinajstić information content (AvgIpc) is 3.10. The molecule has 9 heteroatoms. The molecule has 0 spiro atoms. The topological polar surface area (TPSA) is 118 Å². The number of esters is 2. The van der Waals surface area contributed by atoms with Gasteiger partial charge in [0.15, 0.2) is 6.61 Å². The van der Waals surface area contributed by atoms with Crippen LogP contribution in [0.1, 0.15) is 42.5 Å². The summed E-state index contributed by atoms with van der Waals surface area (Å²) in [7, 11) is 1.31. The third kappa shape index (κ3) is 4.56. The molecule has 0 aliphatic carbocycles. The molecule has 1 heterocycles. The maximum Gasteiger partial charge on any atom is 0.338 e. The van der Waals surface area contributed by atoms with Crippen LogP contribution in [0.15, 0.2) is 54.6 Å². The Morgan fingerprint density at radius 2 is 1.66 bits per heavy atom. The van der Waals surface area contributed by atoms with Gasteiger partial charge in [-0.05, 0) is 50.2 Å². The molecule has 164 valence electrons. The molecule has 0 aliphatic rings. The fourth-order valence-electron chi connectivity index (χ4n) is 3.35. The number of nitro benzene ring substituents is 1. The minimum atomic E-state index is -0.825. The summed E-state index contributed by atoms with van der Waals surface area (Å²) in [5, 5.41) is 10.9. The van der Waals surface area contributed by atoms with Crippen molar-refractivity contribution in [2.75, 3.05) is 13.7 Å². The van der Waals surface area contributed by atoms with Crippen LogP contribution in [-0.4, -0.2) is 40.9 Å². The minimum absolute atomic E-state index is 0.0110. The van der Waals surface area contributed by atoms with E-state index < -0.39 is 29.3 Å². The van der Waals surface area contributed by atoms with Crippen LogP contribution in [0.5, 0.6) is 0 Å². The number of aromatic nitrogens is 1. The van der Waals surface area contributed by atoms with E-state index in [2.05, 4.69) is 0 Å². The molecule has 0 aliphatic heterocycles. The molecule has 3 rings (SSSR count). The quantitative estimate of drug-likeness (QED) is 0.239. The predicted octanol–water partition coefficient (Wildman–Crippen LogP) is 3.83. The summed E-state index contributed by atoms with van der Waals surface area (Å²) in [6.45, 7) is 3.08. The van der Waals surface area contributed by atoms with Gasteiger partial charge in [0, 0.05) is 34.8 Å². The number of Topliss-reactive ketones (excluding diaryl/α,β-unsaturated/α-hetero) is 1. The van der Waals surface area contributed by atoms with Crippen LogP contribution in [0.3, 0.4) is 0 Å². The summed E-state index contributed by atoms with van der Waals surface area (Å²) in [4.78, 5) is 46.8. The normalized spacial score (nSPS) is 10.5. The molecular formula is C23H20N2O7. The lowest BCUT2D eigenvalue weighted by molar-refractivity contribution is -0.384. The van der Waals surface area contributed by atoms with Gasteiger partial charge >= 0.3 is 11.9 Å². The van der Waals surface area contributed by atoms with Crippen molar-refractivity contribution in [1.29, 1.82) is 0 Å². The molecule has 32 heavy (non-hydrogen) atoms. The molecule has 2 aromatic carbocycles. The van der Waals surface area contributed by atoms with Gasteiger partial charge in [-0.2, -0.15) is 0 Å². The number of rotatable bonds is 7. The maximum absolute atomic E-state index is 12.7. The summed E-state index contributed by atoms with van der Waals surface area (Å²) in [5.74, 6) is -1.68. The first kappa shape index (κ1) is 22.4. The molecule has 0 fully saturated rings. The summed E-state index contributed by atoms with van der Waals surface area (Å²) < 4.78 is 11.6. The largest absolute Gasteiger partial charge is 0.465 e. The zero-order chi connectivity index (χ0) is 23.4. The number of non-ortho nitro benzene ring substituents is 1. The van der Waals surface area contributed by atoms with Gasteiger partial charge in [0.2, 0.25) is 5.78 Å². The first-order valence-electron chi connectivity index (χ1n) is 9.55. The lowest BCUT2D eigenvalue weighted by Gasteiger charge is -2.11.